The molecule has 0 aromatic carbocycles. The van der Waals surface area contributed by atoms with E-state index in [0.717, 1.165) is 24.3 Å². The third kappa shape index (κ3) is 2.16. The molecular weight excluding hydrogens is 288 g/mol. The van der Waals surface area contributed by atoms with Gasteiger partial charge in [0.2, 0.25) is 0 Å². The number of aromatic nitrogens is 3. The van der Waals surface area contributed by atoms with Crippen molar-refractivity contribution in [2.75, 3.05) is 6.54 Å². The van der Waals surface area contributed by atoms with Crippen LogP contribution in [0.25, 0.3) is 0 Å². The van der Waals surface area contributed by atoms with Crippen molar-refractivity contribution in [2.24, 2.45) is 0 Å². The highest BCUT2D eigenvalue weighted by atomic mass is 16.5. The van der Waals surface area contributed by atoms with Gasteiger partial charge in [0.05, 0.1) is 13.1 Å². The van der Waals surface area contributed by atoms with E-state index in [1.165, 1.54) is 10.7 Å². The number of hydrogen-bond donors (Lipinski definition) is 1. The Kier molecular flexibility index (Phi) is 2.78. The molecule has 1 aliphatic heterocycles. The fourth-order valence-corrected chi connectivity index (χ4v) is 2.65. The second-order valence-corrected chi connectivity index (χ2v) is 5.66. The van der Waals surface area contributed by atoms with Crippen LogP contribution in [-0.2, 0) is 13.1 Å². The lowest BCUT2D eigenvalue weighted by atomic mass is 10.2. The van der Waals surface area contributed by atoms with Crippen molar-refractivity contribution in [3.05, 3.63) is 35.0 Å². The third-order valence-electron chi connectivity index (χ3n) is 4.00. The minimum atomic E-state index is -1.13. The molecule has 0 saturated heterocycles. The monoisotopic (exact) mass is 302 g/mol. The van der Waals surface area contributed by atoms with Gasteiger partial charge in [0.25, 0.3) is 5.91 Å². The molecule has 1 N–H and O–H groups in total. The summed E-state index contributed by atoms with van der Waals surface area (Å²) in [6.45, 7) is 1.31. The van der Waals surface area contributed by atoms with Crippen LogP contribution in [0.2, 0.25) is 0 Å². The van der Waals surface area contributed by atoms with Gasteiger partial charge in [-0.05, 0) is 12.8 Å². The van der Waals surface area contributed by atoms with Gasteiger partial charge in [-0.2, -0.15) is 5.10 Å². The van der Waals surface area contributed by atoms with Gasteiger partial charge >= 0.3 is 5.97 Å². The van der Waals surface area contributed by atoms with E-state index >= 15 is 0 Å². The van der Waals surface area contributed by atoms with Crippen molar-refractivity contribution in [1.29, 1.82) is 0 Å². The zero-order valence-corrected chi connectivity index (χ0v) is 11.7. The van der Waals surface area contributed by atoms with E-state index in [-0.39, 0.29) is 11.6 Å². The van der Waals surface area contributed by atoms with Gasteiger partial charge in [-0.1, -0.05) is 5.16 Å². The summed E-state index contributed by atoms with van der Waals surface area (Å²) >= 11 is 0. The first-order valence-corrected chi connectivity index (χ1v) is 7.18. The molecule has 114 valence electrons. The maximum absolute atomic E-state index is 12.4. The van der Waals surface area contributed by atoms with Crippen molar-refractivity contribution in [1.82, 2.24) is 19.8 Å². The number of aromatic carboxylic acids is 1. The van der Waals surface area contributed by atoms with Crippen LogP contribution in [0.5, 0.6) is 0 Å². The van der Waals surface area contributed by atoms with Gasteiger partial charge in [-0.3, -0.25) is 9.48 Å². The average Bonchev–Trinajstić information content (AvgIpc) is 3.07. The third-order valence-corrected chi connectivity index (χ3v) is 4.00. The van der Waals surface area contributed by atoms with E-state index < -0.39 is 5.97 Å². The first-order valence-electron chi connectivity index (χ1n) is 7.18. The summed E-state index contributed by atoms with van der Waals surface area (Å²) in [5, 5.41) is 16.9. The zero-order chi connectivity index (χ0) is 15.3. The lowest BCUT2D eigenvalue weighted by molar-refractivity contribution is 0.0668. The predicted molar refractivity (Wildman–Crippen MR) is 72.4 cm³/mol. The number of carbonyl (C=O) groups excluding carboxylic acids is 1. The van der Waals surface area contributed by atoms with E-state index in [0.29, 0.717) is 31.2 Å². The standard InChI is InChI=1S/C14H14N4O4/c19-13-11-6-10(14(20)21)15-18(11)4-3-17(13)7-9-5-12(22-16-9)8-1-2-8/h5-6,8H,1-4,7H2,(H,20,21). The van der Waals surface area contributed by atoms with Crippen LogP contribution in [0, 0.1) is 0 Å². The van der Waals surface area contributed by atoms with Gasteiger partial charge in [-0.25, -0.2) is 4.79 Å². The number of hydrogen-bond acceptors (Lipinski definition) is 5. The van der Waals surface area contributed by atoms with Gasteiger partial charge in [-0.15, -0.1) is 0 Å². The SMILES string of the molecule is O=C(O)c1cc2n(n1)CCN(Cc1cc(C3CC3)on1)C2=O. The molecule has 8 nitrogen and oxygen atoms in total. The highest BCUT2D eigenvalue weighted by molar-refractivity contribution is 5.96. The van der Waals surface area contributed by atoms with Crippen LogP contribution in [0.4, 0.5) is 0 Å². The Morgan fingerprint density at radius 2 is 2.18 bits per heavy atom. The molecule has 0 radical (unpaired) electrons. The first kappa shape index (κ1) is 13.1. The fourth-order valence-electron chi connectivity index (χ4n) is 2.65. The summed E-state index contributed by atoms with van der Waals surface area (Å²) in [4.78, 5) is 25.0. The molecule has 0 unspecified atom stereocenters. The Bertz CT molecular complexity index is 759. The summed E-state index contributed by atoms with van der Waals surface area (Å²) in [5.41, 5.74) is 0.916. The molecule has 1 aliphatic carbocycles. The lowest BCUT2D eigenvalue weighted by Gasteiger charge is -2.26. The van der Waals surface area contributed by atoms with E-state index in [1.807, 2.05) is 6.07 Å². The first-order chi connectivity index (χ1) is 10.6. The molecule has 4 rings (SSSR count). The van der Waals surface area contributed by atoms with Crippen molar-refractivity contribution in [2.45, 2.75) is 31.8 Å². The van der Waals surface area contributed by atoms with Crippen LogP contribution in [-0.4, -0.2) is 43.4 Å². The number of fused-ring (bicyclic) bond motifs is 1. The minimum absolute atomic E-state index is 0.109. The molecule has 8 heteroatoms. The molecule has 22 heavy (non-hydrogen) atoms. The Morgan fingerprint density at radius 3 is 2.91 bits per heavy atom. The molecular formula is C14H14N4O4. The molecule has 0 spiro atoms. The number of nitrogens with zero attached hydrogens (tertiary/aromatic N) is 4. The van der Waals surface area contributed by atoms with Crippen LogP contribution in [0.3, 0.4) is 0 Å². The van der Waals surface area contributed by atoms with E-state index in [4.69, 9.17) is 9.63 Å². The quantitative estimate of drug-likeness (QED) is 0.907. The predicted octanol–water partition coefficient (Wildman–Crippen LogP) is 1.10. The number of carboxylic acid groups (broad SMARTS) is 1. The van der Waals surface area contributed by atoms with E-state index in [1.54, 1.807) is 4.90 Å². The molecule has 2 aromatic rings. The normalized spacial score (nSPS) is 17.6. The number of amides is 1. The highest BCUT2D eigenvalue weighted by Gasteiger charge is 2.30. The number of carboxylic acids is 1. The van der Waals surface area contributed by atoms with Gasteiger partial charge in [0.1, 0.15) is 17.1 Å². The number of carbonyl (C=O) groups is 2. The van der Waals surface area contributed by atoms with Crippen molar-refractivity contribution >= 4 is 11.9 Å². The molecule has 2 aliphatic rings. The summed E-state index contributed by atoms with van der Waals surface area (Å²) < 4.78 is 6.73. The van der Waals surface area contributed by atoms with Crippen LogP contribution in [0.15, 0.2) is 16.7 Å². The summed E-state index contributed by atoms with van der Waals surface area (Å²) in [6, 6.07) is 3.22. The van der Waals surface area contributed by atoms with E-state index in [2.05, 4.69) is 10.3 Å². The Morgan fingerprint density at radius 1 is 1.36 bits per heavy atom. The second-order valence-electron chi connectivity index (χ2n) is 5.66. The maximum atomic E-state index is 12.4. The maximum Gasteiger partial charge on any atom is 0.356 e. The Hall–Kier alpha value is -2.64. The van der Waals surface area contributed by atoms with Gasteiger partial charge in [0.15, 0.2) is 5.69 Å². The summed E-state index contributed by atoms with van der Waals surface area (Å²) in [5.74, 6) is 0.00424. The smallest absolute Gasteiger partial charge is 0.356 e. The summed E-state index contributed by atoms with van der Waals surface area (Å²) in [6.07, 6.45) is 2.27. The van der Waals surface area contributed by atoms with Gasteiger partial charge < -0.3 is 14.5 Å². The zero-order valence-electron chi connectivity index (χ0n) is 11.7. The Labute approximate surface area is 125 Å². The molecule has 0 bridgehead atoms. The molecule has 1 fully saturated rings. The summed E-state index contributed by atoms with van der Waals surface area (Å²) in [7, 11) is 0. The molecule has 1 amide bonds. The topological polar surface area (TPSA) is 101 Å². The molecule has 1 saturated carbocycles. The van der Waals surface area contributed by atoms with E-state index in [9.17, 15) is 9.59 Å². The van der Waals surface area contributed by atoms with Crippen LogP contribution in [0.1, 0.15) is 51.2 Å². The van der Waals surface area contributed by atoms with Crippen LogP contribution >= 0.6 is 0 Å². The average molecular weight is 302 g/mol. The van der Waals surface area contributed by atoms with Crippen molar-refractivity contribution in [3.63, 3.8) is 0 Å². The molecule has 2 aromatic heterocycles. The number of rotatable bonds is 4. The largest absolute Gasteiger partial charge is 0.476 e. The van der Waals surface area contributed by atoms with Gasteiger partial charge in [0, 0.05) is 24.6 Å². The molecule has 0 atom stereocenters. The Balaban J connectivity index is 1.53. The lowest BCUT2D eigenvalue weighted by Crippen LogP contribution is -2.39. The minimum Gasteiger partial charge on any atom is -0.476 e. The molecule has 3 heterocycles. The van der Waals surface area contributed by atoms with Crippen molar-refractivity contribution < 1.29 is 19.2 Å². The fraction of sp³-hybridized carbons (Fsp3) is 0.429. The van der Waals surface area contributed by atoms with Crippen LogP contribution < -0.4 is 0 Å². The highest BCUT2D eigenvalue weighted by Crippen LogP contribution is 2.40. The second kappa shape index (κ2) is 4.69. The van der Waals surface area contributed by atoms with Crippen molar-refractivity contribution in [3.8, 4) is 0 Å².